The van der Waals surface area contributed by atoms with E-state index in [0.717, 1.165) is 17.7 Å². The lowest BCUT2D eigenvalue weighted by Crippen LogP contribution is -2.08. The molecule has 0 saturated carbocycles. The van der Waals surface area contributed by atoms with Gasteiger partial charge in [0.15, 0.2) is 0 Å². The molecule has 0 aromatic carbocycles. The molecule has 0 bridgehead atoms. The molecule has 4 nitrogen and oxygen atoms in total. The third-order valence-electron chi connectivity index (χ3n) is 2.67. The molecule has 84 valence electrons. The predicted octanol–water partition coefficient (Wildman–Crippen LogP) is 1.29. The van der Waals surface area contributed by atoms with E-state index < -0.39 is 0 Å². The molecule has 4 heteroatoms. The highest BCUT2D eigenvalue weighted by Crippen LogP contribution is 2.26. The van der Waals surface area contributed by atoms with E-state index in [0.29, 0.717) is 6.54 Å². The van der Waals surface area contributed by atoms with Crippen molar-refractivity contribution in [3.05, 3.63) is 35.9 Å². The average molecular weight is 216 g/mol. The number of nitrogens with zero attached hydrogens (tertiary/aromatic N) is 3. The van der Waals surface area contributed by atoms with Crippen LogP contribution in [0.5, 0.6) is 0 Å². The first-order chi connectivity index (χ1) is 7.74. The number of aromatic nitrogens is 3. The van der Waals surface area contributed by atoms with Crippen molar-refractivity contribution in [1.29, 1.82) is 0 Å². The lowest BCUT2D eigenvalue weighted by Gasteiger charge is -2.04. The molecule has 0 aliphatic heterocycles. The van der Waals surface area contributed by atoms with E-state index in [4.69, 9.17) is 5.73 Å². The van der Waals surface area contributed by atoms with Crippen molar-refractivity contribution in [3.63, 3.8) is 0 Å². The largest absolute Gasteiger partial charge is 0.330 e. The number of rotatable bonds is 3. The van der Waals surface area contributed by atoms with Gasteiger partial charge in [0.05, 0.1) is 5.69 Å². The Bertz CT molecular complexity index is 473. The molecule has 2 aromatic rings. The van der Waals surface area contributed by atoms with Crippen LogP contribution >= 0.6 is 0 Å². The molecule has 0 spiro atoms. The summed E-state index contributed by atoms with van der Waals surface area (Å²) in [5.74, 6) is 0. The van der Waals surface area contributed by atoms with Crippen molar-refractivity contribution in [2.75, 3.05) is 6.54 Å². The number of hydrogen-bond acceptors (Lipinski definition) is 3. The third kappa shape index (κ3) is 1.84. The van der Waals surface area contributed by atoms with Crippen LogP contribution in [0.1, 0.15) is 11.4 Å². The minimum atomic E-state index is 0.631. The van der Waals surface area contributed by atoms with E-state index in [2.05, 4.69) is 16.1 Å². The van der Waals surface area contributed by atoms with Gasteiger partial charge in [-0.25, -0.2) is 0 Å². The molecule has 0 aliphatic rings. The van der Waals surface area contributed by atoms with Crippen LogP contribution in [-0.2, 0) is 13.5 Å². The van der Waals surface area contributed by atoms with Crippen LogP contribution in [0.25, 0.3) is 11.1 Å². The van der Waals surface area contributed by atoms with E-state index in [-0.39, 0.29) is 0 Å². The average Bonchev–Trinajstić information content (AvgIpc) is 2.56. The molecule has 0 unspecified atom stereocenters. The Labute approximate surface area is 95.1 Å². The van der Waals surface area contributed by atoms with Crippen molar-refractivity contribution >= 4 is 0 Å². The van der Waals surface area contributed by atoms with Gasteiger partial charge in [-0.2, -0.15) is 5.10 Å². The van der Waals surface area contributed by atoms with Gasteiger partial charge in [-0.1, -0.05) is 6.07 Å². The summed E-state index contributed by atoms with van der Waals surface area (Å²) in [5.41, 5.74) is 10.1. The van der Waals surface area contributed by atoms with Crippen LogP contribution in [-0.4, -0.2) is 21.3 Å². The standard InChI is InChI=1S/C12H16N4/c1-9-12(10-4-3-7-14-8-10)11(5-6-13)16(2)15-9/h3-4,7-8H,5-6,13H2,1-2H3. The number of pyridine rings is 1. The maximum atomic E-state index is 5.63. The van der Waals surface area contributed by atoms with Crippen molar-refractivity contribution in [2.24, 2.45) is 12.8 Å². The molecule has 2 rings (SSSR count). The summed E-state index contributed by atoms with van der Waals surface area (Å²) < 4.78 is 1.91. The van der Waals surface area contributed by atoms with Gasteiger partial charge in [-0.15, -0.1) is 0 Å². The van der Waals surface area contributed by atoms with E-state index in [9.17, 15) is 0 Å². The summed E-state index contributed by atoms with van der Waals surface area (Å²) in [6, 6.07) is 3.99. The summed E-state index contributed by atoms with van der Waals surface area (Å²) in [4.78, 5) is 4.14. The Morgan fingerprint density at radius 1 is 1.44 bits per heavy atom. The van der Waals surface area contributed by atoms with E-state index >= 15 is 0 Å². The summed E-state index contributed by atoms with van der Waals surface area (Å²) in [6.45, 7) is 2.65. The lowest BCUT2D eigenvalue weighted by molar-refractivity contribution is 0.701. The van der Waals surface area contributed by atoms with Crippen molar-refractivity contribution in [3.8, 4) is 11.1 Å². The number of aryl methyl sites for hydroxylation is 2. The predicted molar refractivity (Wildman–Crippen MR) is 63.9 cm³/mol. The highest BCUT2D eigenvalue weighted by molar-refractivity contribution is 5.67. The summed E-state index contributed by atoms with van der Waals surface area (Å²) in [5, 5.41) is 4.44. The molecule has 0 saturated heterocycles. The highest BCUT2D eigenvalue weighted by Gasteiger charge is 2.13. The Hall–Kier alpha value is -1.68. The SMILES string of the molecule is Cc1nn(C)c(CCN)c1-c1cccnc1. The molecule has 0 amide bonds. The van der Waals surface area contributed by atoms with Crippen LogP contribution < -0.4 is 5.73 Å². The first-order valence-electron chi connectivity index (χ1n) is 5.37. The molecular formula is C12H16N4. The van der Waals surface area contributed by atoms with Gasteiger partial charge in [0.1, 0.15) is 0 Å². The van der Waals surface area contributed by atoms with Gasteiger partial charge in [-0.3, -0.25) is 9.67 Å². The summed E-state index contributed by atoms with van der Waals surface area (Å²) in [6.07, 6.45) is 4.48. The maximum Gasteiger partial charge on any atom is 0.0675 e. The summed E-state index contributed by atoms with van der Waals surface area (Å²) in [7, 11) is 1.96. The monoisotopic (exact) mass is 216 g/mol. The normalized spacial score (nSPS) is 10.7. The minimum Gasteiger partial charge on any atom is -0.330 e. The van der Waals surface area contributed by atoms with E-state index in [1.807, 2.05) is 30.9 Å². The van der Waals surface area contributed by atoms with Gasteiger partial charge in [0.25, 0.3) is 0 Å². The van der Waals surface area contributed by atoms with Crippen LogP contribution in [0, 0.1) is 6.92 Å². The van der Waals surface area contributed by atoms with E-state index in [1.54, 1.807) is 6.20 Å². The molecule has 0 radical (unpaired) electrons. The van der Waals surface area contributed by atoms with Gasteiger partial charge in [0.2, 0.25) is 0 Å². The Morgan fingerprint density at radius 3 is 2.88 bits per heavy atom. The molecule has 0 fully saturated rings. The lowest BCUT2D eigenvalue weighted by atomic mass is 10.0. The zero-order valence-corrected chi connectivity index (χ0v) is 9.64. The third-order valence-corrected chi connectivity index (χ3v) is 2.67. The Balaban J connectivity index is 2.55. The van der Waals surface area contributed by atoms with Gasteiger partial charge < -0.3 is 5.73 Å². The zero-order chi connectivity index (χ0) is 11.5. The highest BCUT2D eigenvalue weighted by atomic mass is 15.3. The fraction of sp³-hybridized carbons (Fsp3) is 0.333. The van der Waals surface area contributed by atoms with Gasteiger partial charge in [0, 0.05) is 42.7 Å². The maximum absolute atomic E-state index is 5.63. The fourth-order valence-corrected chi connectivity index (χ4v) is 2.02. The van der Waals surface area contributed by atoms with Crippen LogP contribution in [0.4, 0.5) is 0 Å². The fourth-order valence-electron chi connectivity index (χ4n) is 2.02. The van der Waals surface area contributed by atoms with Crippen LogP contribution in [0.15, 0.2) is 24.5 Å². The molecule has 2 aromatic heterocycles. The molecule has 0 aliphatic carbocycles. The first-order valence-corrected chi connectivity index (χ1v) is 5.37. The molecule has 2 N–H and O–H groups in total. The van der Waals surface area contributed by atoms with Crippen LogP contribution in [0.2, 0.25) is 0 Å². The first kappa shape index (κ1) is 10.8. The van der Waals surface area contributed by atoms with Crippen LogP contribution in [0.3, 0.4) is 0 Å². The van der Waals surface area contributed by atoms with Gasteiger partial charge in [-0.05, 0) is 19.5 Å². The topological polar surface area (TPSA) is 56.7 Å². The minimum absolute atomic E-state index is 0.631. The second-order valence-corrected chi connectivity index (χ2v) is 3.81. The summed E-state index contributed by atoms with van der Waals surface area (Å²) >= 11 is 0. The number of hydrogen-bond donors (Lipinski definition) is 1. The zero-order valence-electron chi connectivity index (χ0n) is 9.64. The van der Waals surface area contributed by atoms with Gasteiger partial charge >= 0.3 is 0 Å². The second kappa shape index (κ2) is 4.45. The molecule has 0 atom stereocenters. The van der Waals surface area contributed by atoms with Crippen molar-refractivity contribution < 1.29 is 0 Å². The smallest absolute Gasteiger partial charge is 0.0675 e. The molecular weight excluding hydrogens is 200 g/mol. The van der Waals surface area contributed by atoms with E-state index in [1.165, 1.54) is 11.3 Å². The Morgan fingerprint density at radius 2 is 2.25 bits per heavy atom. The van der Waals surface area contributed by atoms with Crippen molar-refractivity contribution in [2.45, 2.75) is 13.3 Å². The number of nitrogens with two attached hydrogens (primary N) is 1. The molecule has 2 heterocycles. The Kier molecular flexibility index (Phi) is 3.01. The molecule has 16 heavy (non-hydrogen) atoms. The van der Waals surface area contributed by atoms with Crippen molar-refractivity contribution in [1.82, 2.24) is 14.8 Å². The quantitative estimate of drug-likeness (QED) is 0.841. The second-order valence-electron chi connectivity index (χ2n) is 3.81.